The number of anilines is 1. The zero-order valence-corrected chi connectivity index (χ0v) is 7.79. The molecule has 0 amide bonds. The van der Waals surface area contributed by atoms with Crippen molar-refractivity contribution in [2.75, 3.05) is 12.8 Å². The molecule has 0 aromatic carbocycles. The van der Waals surface area contributed by atoms with Gasteiger partial charge in [0.2, 0.25) is 5.88 Å². The topological polar surface area (TPSA) is 48.1 Å². The van der Waals surface area contributed by atoms with Gasteiger partial charge in [-0.3, -0.25) is 0 Å². The van der Waals surface area contributed by atoms with Gasteiger partial charge in [0.1, 0.15) is 0 Å². The van der Waals surface area contributed by atoms with E-state index in [4.69, 9.17) is 10.5 Å². The molecule has 0 aliphatic heterocycles. The van der Waals surface area contributed by atoms with Crippen LogP contribution in [0.25, 0.3) is 0 Å². The highest BCUT2D eigenvalue weighted by molar-refractivity contribution is 5.50. The monoisotopic (exact) mass is 178 g/mol. The molecule has 3 nitrogen and oxygen atoms in total. The molecule has 0 unspecified atom stereocenters. The number of hydrogen-bond acceptors (Lipinski definition) is 3. The summed E-state index contributed by atoms with van der Waals surface area (Å²) >= 11 is 0. The molecule has 2 N–H and O–H groups in total. The minimum Gasteiger partial charge on any atom is -0.480 e. The van der Waals surface area contributed by atoms with Gasteiger partial charge in [0, 0.05) is 6.20 Å². The first-order valence-corrected chi connectivity index (χ1v) is 4.60. The van der Waals surface area contributed by atoms with Gasteiger partial charge in [-0.1, -0.05) is 6.42 Å². The highest BCUT2D eigenvalue weighted by Gasteiger charge is 2.20. The van der Waals surface area contributed by atoms with E-state index in [1.54, 1.807) is 7.11 Å². The van der Waals surface area contributed by atoms with E-state index in [-0.39, 0.29) is 0 Å². The van der Waals surface area contributed by atoms with Crippen LogP contribution in [0.15, 0.2) is 12.3 Å². The highest BCUT2D eigenvalue weighted by Crippen LogP contribution is 2.37. The molecular formula is C10H14N2O. The van der Waals surface area contributed by atoms with Gasteiger partial charge < -0.3 is 10.5 Å². The molecule has 1 aliphatic rings. The molecule has 0 radical (unpaired) electrons. The molecule has 3 heteroatoms. The van der Waals surface area contributed by atoms with Crippen LogP contribution in [0.2, 0.25) is 0 Å². The lowest BCUT2D eigenvalue weighted by molar-refractivity contribution is 0.395. The molecule has 0 saturated heterocycles. The Hall–Kier alpha value is -1.25. The second kappa shape index (κ2) is 3.24. The normalized spacial score (nSPS) is 16.7. The predicted octanol–water partition coefficient (Wildman–Crippen LogP) is 1.94. The van der Waals surface area contributed by atoms with Gasteiger partial charge in [-0.15, -0.1) is 0 Å². The molecule has 13 heavy (non-hydrogen) atoms. The Morgan fingerprint density at radius 2 is 2.31 bits per heavy atom. The summed E-state index contributed by atoms with van der Waals surface area (Å²) in [7, 11) is 1.59. The van der Waals surface area contributed by atoms with Crippen molar-refractivity contribution in [1.29, 1.82) is 0 Å². The van der Waals surface area contributed by atoms with Crippen molar-refractivity contribution in [3.8, 4) is 5.88 Å². The van der Waals surface area contributed by atoms with Gasteiger partial charge in [-0.25, -0.2) is 4.98 Å². The number of hydrogen-bond donors (Lipinski definition) is 1. The van der Waals surface area contributed by atoms with Crippen LogP contribution in [0.3, 0.4) is 0 Å². The molecule has 1 aliphatic carbocycles. The van der Waals surface area contributed by atoms with Crippen molar-refractivity contribution in [3.63, 3.8) is 0 Å². The minimum absolute atomic E-state index is 0.531. The number of ether oxygens (including phenoxy) is 1. The quantitative estimate of drug-likeness (QED) is 0.752. The van der Waals surface area contributed by atoms with Crippen LogP contribution in [0.1, 0.15) is 30.7 Å². The smallest absolute Gasteiger partial charge is 0.236 e. The Balaban J connectivity index is 2.24. The molecule has 1 saturated carbocycles. The summed E-state index contributed by atoms with van der Waals surface area (Å²) in [6, 6.07) is 1.98. The number of methoxy groups -OCH3 is 1. The average Bonchev–Trinajstić information content (AvgIpc) is 2.01. The SMILES string of the molecule is COc1ncc(C2CCC2)cc1N. The van der Waals surface area contributed by atoms with Crippen molar-refractivity contribution < 1.29 is 4.74 Å². The standard InChI is InChI=1S/C10H14N2O/c1-13-10-9(11)5-8(6-12-10)7-3-2-4-7/h5-7H,2-4,11H2,1H3. The summed E-state index contributed by atoms with van der Waals surface area (Å²) in [5.74, 6) is 1.21. The van der Waals surface area contributed by atoms with Crippen LogP contribution < -0.4 is 10.5 Å². The summed E-state index contributed by atoms with van der Waals surface area (Å²) in [6.45, 7) is 0. The van der Waals surface area contributed by atoms with E-state index >= 15 is 0 Å². The molecule has 0 spiro atoms. The van der Waals surface area contributed by atoms with Crippen LogP contribution in [0.4, 0.5) is 5.69 Å². The van der Waals surface area contributed by atoms with E-state index in [0.717, 1.165) is 0 Å². The predicted molar refractivity (Wildman–Crippen MR) is 51.8 cm³/mol. The third-order valence-electron chi connectivity index (χ3n) is 2.67. The van der Waals surface area contributed by atoms with Crippen LogP contribution in [0, 0.1) is 0 Å². The molecular weight excluding hydrogens is 164 g/mol. The maximum Gasteiger partial charge on any atom is 0.236 e. The Labute approximate surface area is 77.9 Å². The van der Waals surface area contributed by atoms with Gasteiger partial charge in [-0.05, 0) is 30.4 Å². The largest absolute Gasteiger partial charge is 0.480 e. The third kappa shape index (κ3) is 1.46. The molecule has 0 atom stereocenters. The lowest BCUT2D eigenvalue weighted by Crippen LogP contribution is -2.09. The Morgan fingerprint density at radius 3 is 2.77 bits per heavy atom. The van der Waals surface area contributed by atoms with Gasteiger partial charge in [0.05, 0.1) is 12.8 Å². The molecule has 1 fully saturated rings. The number of nitrogens with two attached hydrogens (primary N) is 1. The van der Waals surface area contributed by atoms with Gasteiger partial charge >= 0.3 is 0 Å². The first-order valence-electron chi connectivity index (χ1n) is 4.60. The Kier molecular flexibility index (Phi) is 2.08. The van der Waals surface area contributed by atoms with E-state index in [9.17, 15) is 0 Å². The van der Waals surface area contributed by atoms with Crippen molar-refractivity contribution in [3.05, 3.63) is 17.8 Å². The van der Waals surface area contributed by atoms with Crippen LogP contribution in [-0.2, 0) is 0 Å². The first-order chi connectivity index (χ1) is 6.31. The zero-order valence-electron chi connectivity index (χ0n) is 7.79. The number of pyridine rings is 1. The molecule has 1 aromatic rings. The molecule has 1 aromatic heterocycles. The first kappa shape index (κ1) is 8.35. The minimum atomic E-state index is 0.531. The van der Waals surface area contributed by atoms with Crippen molar-refractivity contribution in [2.24, 2.45) is 0 Å². The molecule has 0 bridgehead atoms. The van der Waals surface area contributed by atoms with Crippen molar-refractivity contribution in [2.45, 2.75) is 25.2 Å². The molecule has 2 rings (SSSR count). The average molecular weight is 178 g/mol. The van der Waals surface area contributed by atoms with Gasteiger partial charge in [0.15, 0.2) is 0 Å². The fourth-order valence-corrected chi connectivity index (χ4v) is 1.62. The summed E-state index contributed by atoms with van der Waals surface area (Å²) < 4.78 is 5.00. The van der Waals surface area contributed by atoms with E-state index in [2.05, 4.69) is 4.98 Å². The Morgan fingerprint density at radius 1 is 1.54 bits per heavy atom. The lowest BCUT2D eigenvalue weighted by atomic mass is 9.81. The summed E-state index contributed by atoms with van der Waals surface area (Å²) in [5.41, 5.74) is 7.66. The summed E-state index contributed by atoms with van der Waals surface area (Å²) in [5, 5.41) is 0. The Bertz CT molecular complexity index is 308. The van der Waals surface area contributed by atoms with E-state index < -0.39 is 0 Å². The van der Waals surface area contributed by atoms with E-state index in [1.807, 2.05) is 12.3 Å². The number of nitrogens with zero attached hydrogens (tertiary/aromatic N) is 1. The summed E-state index contributed by atoms with van der Waals surface area (Å²) in [4.78, 5) is 4.15. The highest BCUT2D eigenvalue weighted by atomic mass is 16.5. The second-order valence-electron chi connectivity index (χ2n) is 3.49. The maximum absolute atomic E-state index is 5.76. The third-order valence-corrected chi connectivity index (χ3v) is 2.67. The van der Waals surface area contributed by atoms with Crippen LogP contribution >= 0.6 is 0 Å². The molecule has 70 valence electrons. The zero-order chi connectivity index (χ0) is 9.26. The van der Waals surface area contributed by atoms with Crippen molar-refractivity contribution >= 4 is 5.69 Å². The number of aromatic nitrogens is 1. The van der Waals surface area contributed by atoms with Crippen LogP contribution in [0.5, 0.6) is 5.88 Å². The molecule has 1 heterocycles. The van der Waals surface area contributed by atoms with Gasteiger partial charge in [0.25, 0.3) is 0 Å². The van der Waals surface area contributed by atoms with E-state index in [0.29, 0.717) is 17.5 Å². The van der Waals surface area contributed by atoms with Gasteiger partial charge in [-0.2, -0.15) is 0 Å². The second-order valence-corrected chi connectivity index (χ2v) is 3.49. The summed E-state index contributed by atoms with van der Waals surface area (Å²) in [6.07, 6.45) is 5.75. The van der Waals surface area contributed by atoms with Crippen LogP contribution in [-0.4, -0.2) is 12.1 Å². The fourth-order valence-electron chi connectivity index (χ4n) is 1.62. The maximum atomic E-state index is 5.76. The van der Waals surface area contributed by atoms with E-state index in [1.165, 1.54) is 24.8 Å². The lowest BCUT2D eigenvalue weighted by Gasteiger charge is -2.25. The number of rotatable bonds is 2. The number of nitrogen functional groups attached to an aromatic ring is 1. The fraction of sp³-hybridized carbons (Fsp3) is 0.500. The van der Waals surface area contributed by atoms with Crippen molar-refractivity contribution in [1.82, 2.24) is 4.98 Å².